The van der Waals surface area contributed by atoms with Gasteiger partial charge in [0.2, 0.25) is 0 Å². The molecule has 46 heavy (non-hydrogen) atoms. The van der Waals surface area contributed by atoms with Gasteiger partial charge in [0.25, 0.3) is 0 Å². The summed E-state index contributed by atoms with van der Waals surface area (Å²) in [7, 11) is 0. The van der Waals surface area contributed by atoms with E-state index in [1.165, 1.54) is 64.6 Å². The van der Waals surface area contributed by atoms with Crippen LogP contribution in [0.5, 0.6) is 0 Å². The summed E-state index contributed by atoms with van der Waals surface area (Å²) in [5, 5.41) is 15.3. The molecule has 10 aromatic rings. The summed E-state index contributed by atoms with van der Waals surface area (Å²) in [5.74, 6) is 0. The first-order valence-electron chi connectivity index (χ1n) is 15.8. The summed E-state index contributed by atoms with van der Waals surface area (Å²) < 4.78 is 0. The molecule has 2 nitrogen and oxygen atoms in total. The van der Waals surface area contributed by atoms with Gasteiger partial charge in [0.1, 0.15) is 0 Å². The van der Waals surface area contributed by atoms with Crippen LogP contribution in [0.15, 0.2) is 158 Å². The van der Waals surface area contributed by atoms with E-state index in [2.05, 4.69) is 158 Å². The molecule has 0 unspecified atom stereocenters. The van der Waals surface area contributed by atoms with Crippen LogP contribution in [0, 0.1) is 0 Å². The molecule has 0 N–H and O–H groups in total. The molecule has 2 aromatic heterocycles. The van der Waals surface area contributed by atoms with Gasteiger partial charge < -0.3 is 0 Å². The van der Waals surface area contributed by atoms with Gasteiger partial charge in [-0.15, -0.1) is 0 Å². The Morgan fingerprint density at radius 1 is 0.239 bits per heavy atom. The second-order valence-electron chi connectivity index (χ2n) is 12.1. The molecule has 0 aliphatic heterocycles. The fourth-order valence-electron chi connectivity index (χ4n) is 7.47. The highest BCUT2D eigenvalue weighted by molar-refractivity contribution is 6.27. The molecule has 0 saturated carbocycles. The summed E-state index contributed by atoms with van der Waals surface area (Å²) in [5.41, 5.74) is 5.89. The predicted molar refractivity (Wildman–Crippen MR) is 195 cm³/mol. The molecule has 0 fully saturated rings. The van der Waals surface area contributed by atoms with Crippen molar-refractivity contribution in [2.45, 2.75) is 0 Å². The Morgan fingerprint density at radius 3 is 0.848 bits per heavy atom. The molecule has 2 heteroatoms. The Kier molecular flexibility index (Phi) is 5.31. The lowest BCUT2D eigenvalue weighted by Gasteiger charge is -2.12. The van der Waals surface area contributed by atoms with E-state index in [4.69, 9.17) is 9.97 Å². The number of hydrogen-bond acceptors (Lipinski definition) is 2. The number of aromatic nitrogens is 2. The Bertz CT molecular complexity index is 2600. The summed E-state index contributed by atoms with van der Waals surface area (Å²) in [6, 6.07) is 56.7. The second-order valence-corrected chi connectivity index (χ2v) is 12.1. The van der Waals surface area contributed by atoms with E-state index in [1.54, 1.807) is 0 Å². The minimum absolute atomic E-state index is 0.891. The van der Waals surface area contributed by atoms with Crippen LogP contribution in [0.2, 0.25) is 0 Å². The first-order chi connectivity index (χ1) is 22.8. The second kappa shape index (κ2) is 9.69. The molecule has 0 aliphatic rings. The largest absolute Gasteiger partial charge is 0.246 e. The number of pyridine rings is 2. The SMILES string of the molecule is c1ccc2c(c1)c1ccccc1c1cc(-c3ccc4nc(-c5ccc6c7ccccc7c7ccccc7c6c5)ccc4n3)ccc21. The molecule has 2 heterocycles. The van der Waals surface area contributed by atoms with Gasteiger partial charge in [0, 0.05) is 11.1 Å². The van der Waals surface area contributed by atoms with Gasteiger partial charge in [-0.3, -0.25) is 0 Å². The summed E-state index contributed by atoms with van der Waals surface area (Å²) in [4.78, 5) is 10.2. The Morgan fingerprint density at radius 2 is 0.522 bits per heavy atom. The minimum atomic E-state index is 0.891. The number of rotatable bonds is 2. The van der Waals surface area contributed by atoms with E-state index in [-0.39, 0.29) is 0 Å². The van der Waals surface area contributed by atoms with Crippen LogP contribution in [0.25, 0.3) is 98.2 Å². The molecule has 0 amide bonds. The fourth-order valence-corrected chi connectivity index (χ4v) is 7.47. The van der Waals surface area contributed by atoms with Crippen LogP contribution in [-0.4, -0.2) is 9.97 Å². The molecule has 10 rings (SSSR count). The van der Waals surface area contributed by atoms with E-state index in [9.17, 15) is 0 Å². The predicted octanol–water partition coefficient (Wildman–Crippen LogP) is 11.9. The van der Waals surface area contributed by atoms with Crippen molar-refractivity contribution in [3.8, 4) is 22.5 Å². The molecular weight excluding hydrogens is 556 g/mol. The van der Waals surface area contributed by atoms with Crippen LogP contribution < -0.4 is 0 Å². The third kappa shape index (κ3) is 3.71. The maximum Gasteiger partial charge on any atom is 0.0894 e. The Hall–Kier alpha value is -6.12. The number of hydrogen-bond donors (Lipinski definition) is 0. The lowest BCUT2D eigenvalue weighted by atomic mass is 9.92. The molecule has 8 aromatic carbocycles. The smallest absolute Gasteiger partial charge is 0.0894 e. The zero-order chi connectivity index (χ0) is 30.2. The lowest BCUT2D eigenvalue weighted by molar-refractivity contribution is 1.34. The van der Waals surface area contributed by atoms with Crippen LogP contribution in [0.3, 0.4) is 0 Å². The zero-order valence-electron chi connectivity index (χ0n) is 24.9. The molecule has 0 radical (unpaired) electrons. The third-order valence-electron chi connectivity index (χ3n) is 9.62. The van der Waals surface area contributed by atoms with Crippen molar-refractivity contribution < 1.29 is 0 Å². The van der Waals surface area contributed by atoms with Gasteiger partial charge in [-0.05, 0) is 101 Å². The number of fused-ring (bicyclic) bond motifs is 13. The average molecular weight is 583 g/mol. The maximum absolute atomic E-state index is 5.09. The monoisotopic (exact) mass is 582 g/mol. The lowest BCUT2D eigenvalue weighted by Crippen LogP contribution is -1.91. The van der Waals surface area contributed by atoms with Gasteiger partial charge in [-0.1, -0.05) is 121 Å². The summed E-state index contributed by atoms with van der Waals surface area (Å²) in [6.45, 7) is 0. The van der Waals surface area contributed by atoms with Crippen molar-refractivity contribution >= 4 is 75.7 Å². The van der Waals surface area contributed by atoms with Crippen molar-refractivity contribution in [1.29, 1.82) is 0 Å². The highest BCUT2D eigenvalue weighted by Crippen LogP contribution is 2.39. The van der Waals surface area contributed by atoms with Crippen LogP contribution >= 0.6 is 0 Å². The van der Waals surface area contributed by atoms with Crippen LogP contribution in [0.1, 0.15) is 0 Å². The minimum Gasteiger partial charge on any atom is -0.246 e. The fraction of sp³-hybridized carbons (Fsp3) is 0. The van der Waals surface area contributed by atoms with Crippen molar-refractivity contribution in [1.82, 2.24) is 9.97 Å². The van der Waals surface area contributed by atoms with E-state index in [0.29, 0.717) is 0 Å². The standard InChI is InChI=1S/C44H26N2/c1-3-13-33-29(9-1)31-11-5-7-15-35(31)39-25-27(17-19-37(33)39)41-21-23-44-43(45-41)24-22-42(46-44)28-18-20-38-34-14-4-2-10-30(34)32-12-6-8-16-36(32)40(38)26-28/h1-26H. The Balaban J connectivity index is 1.09. The number of benzene rings is 8. The van der Waals surface area contributed by atoms with Crippen molar-refractivity contribution in [2.24, 2.45) is 0 Å². The van der Waals surface area contributed by atoms with E-state index >= 15 is 0 Å². The van der Waals surface area contributed by atoms with Gasteiger partial charge in [-0.2, -0.15) is 0 Å². The third-order valence-corrected chi connectivity index (χ3v) is 9.62. The summed E-state index contributed by atoms with van der Waals surface area (Å²) in [6.07, 6.45) is 0. The van der Waals surface area contributed by atoms with E-state index in [1.807, 2.05) is 0 Å². The van der Waals surface area contributed by atoms with Gasteiger partial charge >= 0.3 is 0 Å². The Labute approximate surface area is 265 Å². The summed E-state index contributed by atoms with van der Waals surface area (Å²) >= 11 is 0. The van der Waals surface area contributed by atoms with Crippen LogP contribution in [-0.2, 0) is 0 Å². The topological polar surface area (TPSA) is 25.8 Å². The highest BCUT2D eigenvalue weighted by atomic mass is 14.8. The van der Waals surface area contributed by atoms with Gasteiger partial charge in [0.15, 0.2) is 0 Å². The molecular formula is C44H26N2. The van der Waals surface area contributed by atoms with Crippen LogP contribution in [0.4, 0.5) is 0 Å². The first kappa shape index (κ1) is 25.2. The first-order valence-corrected chi connectivity index (χ1v) is 15.8. The van der Waals surface area contributed by atoms with Gasteiger partial charge in [0.05, 0.1) is 22.4 Å². The molecule has 0 atom stereocenters. The molecule has 0 aliphatic carbocycles. The van der Waals surface area contributed by atoms with Gasteiger partial charge in [-0.25, -0.2) is 9.97 Å². The van der Waals surface area contributed by atoms with E-state index in [0.717, 1.165) is 33.5 Å². The normalized spacial score (nSPS) is 11.9. The molecule has 0 saturated heterocycles. The average Bonchev–Trinajstić information content (AvgIpc) is 3.14. The molecule has 0 spiro atoms. The maximum atomic E-state index is 5.09. The van der Waals surface area contributed by atoms with Crippen molar-refractivity contribution in [3.63, 3.8) is 0 Å². The zero-order valence-corrected chi connectivity index (χ0v) is 24.9. The highest BCUT2D eigenvalue weighted by Gasteiger charge is 2.13. The quantitative estimate of drug-likeness (QED) is 0.190. The van der Waals surface area contributed by atoms with Crippen molar-refractivity contribution in [3.05, 3.63) is 158 Å². The number of nitrogens with zero attached hydrogens (tertiary/aromatic N) is 2. The molecule has 0 bridgehead atoms. The van der Waals surface area contributed by atoms with Crippen molar-refractivity contribution in [2.75, 3.05) is 0 Å². The van der Waals surface area contributed by atoms with E-state index < -0.39 is 0 Å². The molecule has 212 valence electrons.